The molecule has 1 heterocycles. The van der Waals surface area contributed by atoms with Gasteiger partial charge < -0.3 is 14.7 Å². The topological polar surface area (TPSA) is 66.8 Å². The van der Waals surface area contributed by atoms with E-state index >= 15 is 0 Å². The lowest BCUT2D eigenvalue weighted by Gasteiger charge is -2.16. The maximum absolute atomic E-state index is 12.2. The average molecular weight is 305 g/mol. The molecule has 1 aromatic carbocycles. The van der Waals surface area contributed by atoms with Crippen molar-refractivity contribution in [3.05, 3.63) is 35.9 Å². The number of rotatable bonds is 7. The van der Waals surface area contributed by atoms with Crippen molar-refractivity contribution >= 4 is 11.9 Å². The standard InChI is InChI=1S/C17H23NO4/c1-22-10-6-5-9-16(19)18-11-14(15(12-18)17(20)21)13-7-3-2-4-8-13/h2-4,7-8,14-15H,5-6,9-12H2,1H3,(H,20,21)/t14-,15-/m0/s1. The van der Waals surface area contributed by atoms with Gasteiger partial charge in [0.15, 0.2) is 0 Å². The van der Waals surface area contributed by atoms with Crippen molar-refractivity contribution < 1.29 is 19.4 Å². The monoisotopic (exact) mass is 305 g/mol. The van der Waals surface area contributed by atoms with Crippen LogP contribution in [0.25, 0.3) is 0 Å². The largest absolute Gasteiger partial charge is 0.481 e. The number of benzene rings is 1. The van der Waals surface area contributed by atoms with Crippen LogP contribution in [0, 0.1) is 5.92 Å². The van der Waals surface area contributed by atoms with Crippen molar-refractivity contribution in [2.75, 3.05) is 26.8 Å². The fraction of sp³-hybridized carbons (Fsp3) is 0.529. The van der Waals surface area contributed by atoms with E-state index in [-0.39, 0.29) is 11.8 Å². The van der Waals surface area contributed by atoms with Crippen molar-refractivity contribution in [3.8, 4) is 0 Å². The molecule has 1 fully saturated rings. The summed E-state index contributed by atoms with van der Waals surface area (Å²) in [6.07, 6.45) is 2.08. The molecule has 0 spiro atoms. The predicted octanol–water partition coefficient (Wildman–Crippen LogP) is 2.13. The molecule has 0 radical (unpaired) electrons. The molecule has 0 aliphatic carbocycles. The van der Waals surface area contributed by atoms with Gasteiger partial charge in [0.2, 0.25) is 5.91 Å². The number of ether oxygens (including phenoxy) is 1. The van der Waals surface area contributed by atoms with Gasteiger partial charge in [-0.1, -0.05) is 30.3 Å². The molecule has 120 valence electrons. The number of carbonyl (C=O) groups is 2. The average Bonchev–Trinajstić information content (AvgIpc) is 2.98. The van der Waals surface area contributed by atoms with Crippen LogP contribution in [0.1, 0.15) is 30.7 Å². The van der Waals surface area contributed by atoms with Gasteiger partial charge in [0.1, 0.15) is 0 Å². The minimum Gasteiger partial charge on any atom is -0.481 e. The maximum atomic E-state index is 12.2. The van der Waals surface area contributed by atoms with Gasteiger partial charge in [0.05, 0.1) is 5.92 Å². The molecule has 22 heavy (non-hydrogen) atoms. The molecule has 5 nitrogen and oxygen atoms in total. The fourth-order valence-corrected chi connectivity index (χ4v) is 2.98. The van der Waals surface area contributed by atoms with Gasteiger partial charge >= 0.3 is 5.97 Å². The number of carboxylic acid groups (broad SMARTS) is 1. The number of hydrogen-bond donors (Lipinski definition) is 1. The van der Waals surface area contributed by atoms with Crippen LogP contribution in [0.5, 0.6) is 0 Å². The lowest BCUT2D eigenvalue weighted by atomic mass is 9.89. The summed E-state index contributed by atoms with van der Waals surface area (Å²) in [5.41, 5.74) is 0.990. The molecule has 0 saturated carbocycles. The summed E-state index contributed by atoms with van der Waals surface area (Å²) >= 11 is 0. The van der Waals surface area contributed by atoms with E-state index in [9.17, 15) is 14.7 Å². The summed E-state index contributed by atoms with van der Waals surface area (Å²) in [6, 6.07) is 9.60. The molecule has 0 aromatic heterocycles. The van der Waals surface area contributed by atoms with E-state index in [1.165, 1.54) is 0 Å². The molecular formula is C17H23NO4. The first-order chi connectivity index (χ1) is 10.6. The molecule has 1 saturated heterocycles. The Kier molecular flexibility index (Phi) is 5.95. The molecule has 1 amide bonds. The van der Waals surface area contributed by atoms with Gasteiger partial charge in [-0.3, -0.25) is 9.59 Å². The van der Waals surface area contributed by atoms with Crippen molar-refractivity contribution in [2.45, 2.75) is 25.2 Å². The molecule has 0 bridgehead atoms. The number of methoxy groups -OCH3 is 1. The number of carbonyl (C=O) groups excluding carboxylic acids is 1. The summed E-state index contributed by atoms with van der Waals surface area (Å²) in [4.78, 5) is 25.4. The zero-order chi connectivity index (χ0) is 15.9. The van der Waals surface area contributed by atoms with Crippen LogP contribution in [0.15, 0.2) is 30.3 Å². The Labute approximate surface area is 130 Å². The summed E-state index contributed by atoms with van der Waals surface area (Å²) in [6.45, 7) is 1.44. The van der Waals surface area contributed by atoms with Gasteiger partial charge in [-0.05, 0) is 18.4 Å². The second kappa shape index (κ2) is 7.94. The smallest absolute Gasteiger partial charge is 0.308 e. The number of amides is 1. The third-order valence-corrected chi connectivity index (χ3v) is 4.21. The number of aliphatic carboxylic acids is 1. The van der Waals surface area contributed by atoms with Gasteiger partial charge in [-0.25, -0.2) is 0 Å². The highest BCUT2D eigenvalue weighted by atomic mass is 16.5. The third-order valence-electron chi connectivity index (χ3n) is 4.21. The van der Waals surface area contributed by atoms with Crippen LogP contribution in [0.2, 0.25) is 0 Å². The van der Waals surface area contributed by atoms with Crippen LogP contribution >= 0.6 is 0 Å². The Bertz CT molecular complexity index is 503. The summed E-state index contributed by atoms with van der Waals surface area (Å²) in [5.74, 6) is -1.43. The Hall–Kier alpha value is -1.88. The first-order valence-electron chi connectivity index (χ1n) is 7.68. The first kappa shape index (κ1) is 16.5. The Morgan fingerprint density at radius 2 is 1.95 bits per heavy atom. The molecule has 0 unspecified atom stereocenters. The fourth-order valence-electron chi connectivity index (χ4n) is 2.98. The zero-order valence-corrected chi connectivity index (χ0v) is 12.9. The number of likely N-dealkylation sites (tertiary alicyclic amines) is 1. The van der Waals surface area contributed by atoms with Crippen LogP contribution in [-0.2, 0) is 14.3 Å². The normalized spacial score (nSPS) is 21.0. The number of carboxylic acids is 1. The summed E-state index contributed by atoms with van der Waals surface area (Å²) < 4.78 is 4.97. The molecule has 1 N–H and O–H groups in total. The lowest BCUT2D eigenvalue weighted by Crippen LogP contribution is -2.29. The highest BCUT2D eigenvalue weighted by Gasteiger charge is 2.40. The van der Waals surface area contributed by atoms with Crippen LogP contribution in [-0.4, -0.2) is 48.7 Å². The van der Waals surface area contributed by atoms with E-state index in [2.05, 4.69) is 0 Å². The quantitative estimate of drug-likeness (QED) is 0.784. The Balaban J connectivity index is 1.98. The molecule has 1 aliphatic rings. The number of unbranched alkanes of at least 4 members (excludes halogenated alkanes) is 1. The van der Waals surface area contributed by atoms with Gasteiger partial charge in [-0.15, -0.1) is 0 Å². The highest BCUT2D eigenvalue weighted by Crippen LogP contribution is 2.33. The van der Waals surface area contributed by atoms with Crippen molar-refractivity contribution in [1.82, 2.24) is 4.90 Å². The van der Waals surface area contributed by atoms with E-state index in [1.807, 2.05) is 30.3 Å². The molecular weight excluding hydrogens is 282 g/mol. The highest BCUT2D eigenvalue weighted by molar-refractivity contribution is 5.79. The van der Waals surface area contributed by atoms with E-state index < -0.39 is 11.9 Å². The SMILES string of the molecule is COCCCCC(=O)N1C[C@H](C(=O)O)[C@H](c2ccccc2)C1. The minimum absolute atomic E-state index is 0.0424. The second-order valence-electron chi connectivity index (χ2n) is 5.71. The Morgan fingerprint density at radius 3 is 2.59 bits per heavy atom. The Morgan fingerprint density at radius 1 is 1.23 bits per heavy atom. The van der Waals surface area contributed by atoms with E-state index in [0.29, 0.717) is 26.1 Å². The zero-order valence-electron chi connectivity index (χ0n) is 12.9. The van der Waals surface area contributed by atoms with Crippen LogP contribution in [0.4, 0.5) is 0 Å². The molecule has 1 aliphatic heterocycles. The van der Waals surface area contributed by atoms with Crippen LogP contribution in [0.3, 0.4) is 0 Å². The van der Waals surface area contributed by atoms with E-state index in [0.717, 1.165) is 18.4 Å². The second-order valence-corrected chi connectivity index (χ2v) is 5.71. The van der Waals surface area contributed by atoms with Crippen molar-refractivity contribution in [3.63, 3.8) is 0 Å². The maximum Gasteiger partial charge on any atom is 0.308 e. The summed E-state index contributed by atoms with van der Waals surface area (Å²) in [7, 11) is 1.64. The van der Waals surface area contributed by atoms with Gasteiger partial charge in [-0.2, -0.15) is 0 Å². The van der Waals surface area contributed by atoms with Gasteiger partial charge in [0, 0.05) is 39.1 Å². The predicted molar refractivity (Wildman–Crippen MR) is 82.6 cm³/mol. The summed E-state index contributed by atoms with van der Waals surface area (Å²) in [5, 5.41) is 9.44. The molecule has 5 heteroatoms. The first-order valence-corrected chi connectivity index (χ1v) is 7.68. The minimum atomic E-state index is -0.830. The van der Waals surface area contributed by atoms with Gasteiger partial charge in [0.25, 0.3) is 0 Å². The van der Waals surface area contributed by atoms with E-state index in [1.54, 1.807) is 12.0 Å². The molecule has 1 aromatic rings. The lowest BCUT2D eigenvalue weighted by molar-refractivity contribution is -0.141. The van der Waals surface area contributed by atoms with Crippen LogP contribution < -0.4 is 0 Å². The molecule has 2 atom stereocenters. The number of nitrogens with zero attached hydrogens (tertiary/aromatic N) is 1. The number of hydrogen-bond acceptors (Lipinski definition) is 3. The van der Waals surface area contributed by atoms with E-state index in [4.69, 9.17) is 4.74 Å². The molecule has 2 rings (SSSR count). The third kappa shape index (κ3) is 4.07. The van der Waals surface area contributed by atoms with Crippen molar-refractivity contribution in [1.29, 1.82) is 0 Å². The van der Waals surface area contributed by atoms with Crippen molar-refractivity contribution in [2.24, 2.45) is 5.92 Å².